The van der Waals surface area contributed by atoms with Crippen LogP contribution in [0.4, 0.5) is 0 Å². The average Bonchev–Trinajstić information content (AvgIpc) is 2.86. The van der Waals surface area contributed by atoms with E-state index in [9.17, 15) is 4.79 Å². The van der Waals surface area contributed by atoms with Crippen LogP contribution < -0.4 is 5.32 Å². The van der Waals surface area contributed by atoms with Crippen LogP contribution in [0.2, 0.25) is 0 Å². The number of aromatic carboxylic acids is 1. The largest absolute Gasteiger partial charge is 0.478 e. The van der Waals surface area contributed by atoms with Gasteiger partial charge in [-0.2, -0.15) is 0 Å². The van der Waals surface area contributed by atoms with Crippen molar-refractivity contribution in [3.05, 3.63) is 23.7 Å². The van der Waals surface area contributed by atoms with Gasteiger partial charge in [0.1, 0.15) is 12.0 Å². The standard InChI is InChI=1S/C14H22N2O3/c1-11(9-16-5-3-2-4-6-16)15-8-13-7-12(10-19-13)14(17)18/h7,10-11,15H,2-6,8-9H2,1H3,(H,17,18). The first-order chi connectivity index (χ1) is 9.15. The number of carbonyl (C=O) groups is 1. The van der Waals surface area contributed by atoms with E-state index in [-0.39, 0.29) is 5.56 Å². The summed E-state index contributed by atoms with van der Waals surface area (Å²) in [5.74, 6) is -0.278. The zero-order valence-electron chi connectivity index (χ0n) is 11.4. The molecule has 1 aliphatic rings. The van der Waals surface area contributed by atoms with Crippen molar-refractivity contribution in [2.24, 2.45) is 0 Å². The molecule has 1 aliphatic heterocycles. The molecule has 106 valence electrons. The van der Waals surface area contributed by atoms with E-state index in [2.05, 4.69) is 17.1 Å². The molecule has 5 heteroatoms. The smallest absolute Gasteiger partial charge is 0.338 e. The molecule has 2 rings (SSSR count). The van der Waals surface area contributed by atoms with Crippen molar-refractivity contribution in [1.82, 2.24) is 10.2 Å². The lowest BCUT2D eigenvalue weighted by molar-refractivity contribution is 0.0696. The molecule has 0 saturated carbocycles. The second-order valence-electron chi connectivity index (χ2n) is 5.25. The van der Waals surface area contributed by atoms with E-state index in [1.54, 1.807) is 6.07 Å². The lowest BCUT2D eigenvalue weighted by atomic mass is 10.1. The highest BCUT2D eigenvalue weighted by Gasteiger charge is 2.14. The quantitative estimate of drug-likeness (QED) is 0.823. The van der Waals surface area contributed by atoms with Crippen molar-refractivity contribution in [2.45, 2.75) is 38.8 Å². The number of nitrogens with one attached hydrogen (secondary N) is 1. The lowest BCUT2D eigenvalue weighted by Crippen LogP contribution is -2.41. The number of carboxylic acids is 1. The molecule has 1 aromatic rings. The fourth-order valence-electron chi connectivity index (χ4n) is 2.45. The van der Waals surface area contributed by atoms with Gasteiger partial charge in [0.25, 0.3) is 0 Å². The zero-order chi connectivity index (χ0) is 13.7. The molecule has 0 radical (unpaired) electrons. The molecular weight excluding hydrogens is 244 g/mol. The fourth-order valence-corrected chi connectivity index (χ4v) is 2.45. The predicted octanol–water partition coefficient (Wildman–Crippen LogP) is 1.94. The van der Waals surface area contributed by atoms with Gasteiger partial charge in [0.05, 0.1) is 12.1 Å². The summed E-state index contributed by atoms with van der Waals surface area (Å²) in [7, 11) is 0. The Balaban J connectivity index is 1.72. The van der Waals surface area contributed by atoms with Crippen LogP contribution >= 0.6 is 0 Å². The summed E-state index contributed by atoms with van der Waals surface area (Å²) in [4.78, 5) is 13.2. The molecule has 0 aliphatic carbocycles. The Hall–Kier alpha value is -1.33. The summed E-state index contributed by atoms with van der Waals surface area (Å²) in [6, 6.07) is 1.94. The first-order valence-corrected chi connectivity index (χ1v) is 6.91. The lowest BCUT2D eigenvalue weighted by Gasteiger charge is -2.29. The van der Waals surface area contributed by atoms with Crippen LogP contribution in [-0.2, 0) is 6.54 Å². The van der Waals surface area contributed by atoms with Crippen molar-refractivity contribution >= 4 is 5.97 Å². The number of furan rings is 1. The first-order valence-electron chi connectivity index (χ1n) is 6.91. The molecule has 1 unspecified atom stereocenters. The van der Waals surface area contributed by atoms with Crippen molar-refractivity contribution in [3.8, 4) is 0 Å². The van der Waals surface area contributed by atoms with Gasteiger partial charge in [0.2, 0.25) is 0 Å². The first kappa shape index (κ1) is 14.1. The van der Waals surface area contributed by atoms with Crippen LogP contribution in [0.5, 0.6) is 0 Å². The Morgan fingerprint density at radius 2 is 2.21 bits per heavy atom. The molecule has 1 fully saturated rings. The van der Waals surface area contributed by atoms with Crippen molar-refractivity contribution < 1.29 is 14.3 Å². The van der Waals surface area contributed by atoms with Gasteiger partial charge in [-0.3, -0.25) is 0 Å². The van der Waals surface area contributed by atoms with Gasteiger partial charge in [0.15, 0.2) is 0 Å². The van der Waals surface area contributed by atoms with E-state index in [1.807, 2.05) is 0 Å². The Kier molecular flexibility index (Phi) is 4.99. The zero-order valence-corrected chi connectivity index (χ0v) is 11.4. The van der Waals surface area contributed by atoms with Crippen LogP contribution in [0.25, 0.3) is 0 Å². The van der Waals surface area contributed by atoms with Gasteiger partial charge in [-0.25, -0.2) is 4.79 Å². The Labute approximate surface area is 113 Å². The molecular formula is C14H22N2O3. The maximum absolute atomic E-state index is 10.7. The molecule has 1 saturated heterocycles. The second kappa shape index (κ2) is 6.73. The van der Waals surface area contributed by atoms with Gasteiger partial charge >= 0.3 is 5.97 Å². The van der Waals surface area contributed by atoms with Gasteiger partial charge < -0.3 is 19.7 Å². The van der Waals surface area contributed by atoms with Gasteiger partial charge in [-0.05, 0) is 38.9 Å². The number of hydrogen-bond donors (Lipinski definition) is 2. The van der Waals surface area contributed by atoms with Crippen LogP contribution in [0.15, 0.2) is 16.7 Å². The number of nitrogens with zero attached hydrogens (tertiary/aromatic N) is 1. The minimum absolute atomic E-state index is 0.209. The summed E-state index contributed by atoms with van der Waals surface area (Å²) >= 11 is 0. The fraction of sp³-hybridized carbons (Fsp3) is 0.643. The molecule has 5 nitrogen and oxygen atoms in total. The number of likely N-dealkylation sites (tertiary alicyclic amines) is 1. The average molecular weight is 266 g/mol. The van der Waals surface area contributed by atoms with E-state index in [0.717, 1.165) is 6.54 Å². The van der Waals surface area contributed by atoms with Crippen LogP contribution in [0.3, 0.4) is 0 Å². The van der Waals surface area contributed by atoms with Crippen LogP contribution in [0.1, 0.15) is 42.3 Å². The minimum atomic E-state index is -0.948. The van der Waals surface area contributed by atoms with E-state index >= 15 is 0 Å². The summed E-state index contributed by atoms with van der Waals surface area (Å²) in [5, 5.41) is 12.2. The normalized spacial score (nSPS) is 18.4. The number of carboxylic acid groups (broad SMARTS) is 1. The second-order valence-corrected chi connectivity index (χ2v) is 5.25. The topological polar surface area (TPSA) is 65.7 Å². The van der Waals surface area contributed by atoms with Gasteiger partial charge in [0, 0.05) is 12.6 Å². The van der Waals surface area contributed by atoms with Gasteiger partial charge in [-0.1, -0.05) is 6.42 Å². The Morgan fingerprint density at radius 3 is 2.84 bits per heavy atom. The highest BCUT2D eigenvalue weighted by molar-refractivity contribution is 5.87. The monoisotopic (exact) mass is 266 g/mol. The minimum Gasteiger partial charge on any atom is -0.478 e. The molecule has 2 heterocycles. The Morgan fingerprint density at radius 1 is 1.47 bits per heavy atom. The SMILES string of the molecule is CC(CN1CCCCC1)NCc1cc(C(=O)O)co1. The summed E-state index contributed by atoms with van der Waals surface area (Å²) < 4.78 is 5.21. The molecule has 0 amide bonds. The highest BCUT2D eigenvalue weighted by atomic mass is 16.4. The molecule has 19 heavy (non-hydrogen) atoms. The third-order valence-corrected chi connectivity index (χ3v) is 3.51. The van der Waals surface area contributed by atoms with Crippen molar-refractivity contribution in [1.29, 1.82) is 0 Å². The molecule has 0 aromatic carbocycles. The molecule has 1 atom stereocenters. The number of hydrogen-bond acceptors (Lipinski definition) is 4. The highest BCUT2D eigenvalue weighted by Crippen LogP contribution is 2.10. The van der Waals surface area contributed by atoms with E-state index in [1.165, 1.54) is 38.6 Å². The predicted molar refractivity (Wildman–Crippen MR) is 72.3 cm³/mol. The summed E-state index contributed by atoms with van der Waals surface area (Å²) in [6.07, 6.45) is 5.23. The molecule has 1 aromatic heterocycles. The third-order valence-electron chi connectivity index (χ3n) is 3.51. The number of piperidine rings is 1. The Bertz CT molecular complexity index is 411. The van der Waals surface area contributed by atoms with Crippen LogP contribution in [0, 0.1) is 0 Å². The maximum Gasteiger partial charge on any atom is 0.338 e. The van der Waals surface area contributed by atoms with Crippen molar-refractivity contribution in [3.63, 3.8) is 0 Å². The summed E-state index contributed by atoms with van der Waals surface area (Å²) in [5.41, 5.74) is 0.209. The third kappa shape index (κ3) is 4.36. The van der Waals surface area contributed by atoms with E-state index in [0.29, 0.717) is 18.3 Å². The van der Waals surface area contributed by atoms with Crippen LogP contribution in [-0.4, -0.2) is 41.7 Å². The van der Waals surface area contributed by atoms with Crippen molar-refractivity contribution in [2.75, 3.05) is 19.6 Å². The maximum atomic E-state index is 10.7. The molecule has 0 spiro atoms. The molecule has 0 bridgehead atoms. The van der Waals surface area contributed by atoms with E-state index in [4.69, 9.17) is 9.52 Å². The number of rotatable bonds is 6. The van der Waals surface area contributed by atoms with Gasteiger partial charge in [-0.15, -0.1) is 0 Å². The summed E-state index contributed by atoms with van der Waals surface area (Å²) in [6.45, 7) is 6.14. The van der Waals surface area contributed by atoms with E-state index < -0.39 is 5.97 Å². The molecule has 2 N–H and O–H groups in total.